The minimum Gasteiger partial charge on any atom is -0.481 e. The molecular weight excluding hydrogens is 308 g/mol. The van der Waals surface area contributed by atoms with Gasteiger partial charge in [-0.3, -0.25) is 9.59 Å². The molecule has 1 N–H and O–H groups in total. The van der Waals surface area contributed by atoms with Crippen LogP contribution in [0.25, 0.3) is 0 Å². The first-order chi connectivity index (χ1) is 9.09. The van der Waals surface area contributed by atoms with Gasteiger partial charge in [-0.25, -0.2) is 0 Å². The minimum absolute atomic E-state index is 0.0224. The van der Waals surface area contributed by atoms with Crippen LogP contribution < -0.4 is 0 Å². The Morgan fingerprint density at radius 1 is 1.21 bits per heavy atom. The number of carbonyl (C=O) groups is 2. The van der Waals surface area contributed by atoms with Gasteiger partial charge in [-0.2, -0.15) is 0 Å². The van der Waals surface area contributed by atoms with Crippen molar-refractivity contribution in [2.75, 3.05) is 0 Å². The Bertz CT molecular complexity index is 484. The predicted molar refractivity (Wildman–Crippen MR) is 76.2 cm³/mol. The zero-order valence-electron chi connectivity index (χ0n) is 10.6. The van der Waals surface area contributed by atoms with E-state index < -0.39 is 5.97 Å². The monoisotopic (exact) mass is 324 g/mol. The molecule has 0 aromatic heterocycles. The fraction of sp³-hybridized carbons (Fsp3) is 0.467. The van der Waals surface area contributed by atoms with Crippen LogP contribution in [0.15, 0.2) is 28.7 Å². The van der Waals surface area contributed by atoms with Crippen molar-refractivity contribution in [1.82, 2.24) is 0 Å². The van der Waals surface area contributed by atoms with E-state index in [1.54, 1.807) is 6.07 Å². The van der Waals surface area contributed by atoms with Gasteiger partial charge >= 0.3 is 5.97 Å². The molecule has 0 heterocycles. The smallest absolute Gasteiger partial charge is 0.306 e. The van der Waals surface area contributed by atoms with E-state index in [1.165, 1.54) is 0 Å². The molecule has 2 rings (SSSR count). The SMILES string of the molecule is O=C(C[C@H]1CCCC[C@H]1C(=O)O)c1ccccc1Br. The molecule has 1 aliphatic carbocycles. The second-order valence-electron chi connectivity index (χ2n) is 5.10. The van der Waals surface area contributed by atoms with E-state index in [4.69, 9.17) is 0 Å². The number of carbonyl (C=O) groups excluding carboxylic acids is 1. The summed E-state index contributed by atoms with van der Waals surface area (Å²) in [4.78, 5) is 23.5. The number of hydrogen-bond donors (Lipinski definition) is 1. The lowest BCUT2D eigenvalue weighted by Crippen LogP contribution is -2.28. The standard InChI is InChI=1S/C15H17BrO3/c16-13-8-4-3-7-12(13)14(17)9-10-5-1-2-6-11(10)15(18)19/h3-4,7-8,10-11H,1-2,5-6,9H2,(H,18,19)/t10-,11-/m1/s1. The van der Waals surface area contributed by atoms with E-state index in [1.807, 2.05) is 18.2 Å². The van der Waals surface area contributed by atoms with Gasteiger partial charge in [0.1, 0.15) is 0 Å². The van der Waals surface area contributed by atoms with Crippen molar-refractivity contribution in [3.8, 4) is 0 Å². The molecule has 4 heteroatoms. The van der Waals surface area contributed by atoms with Gasteiger partial charge in [-0.1, -0.05) is 47.0 Å². The van der Waals surface area contributed by atoms with Gasteiger partial charge in [0.05, 0.1) is 5.92 Å². The van der Waals surface area contributed by atoms with Crippen molar-refractivity contribution >= 4 is 27.7 Å². The summed E-state index contributed by atoms with van der Waals surface area (Å²) in [5.74, 6) is -1.11. The average Bonchev–Trinajstić information content (AvgIpc) is 2.39. The summed E-state index contributed by atoms with van der Waals surface area (Å²) < 4.78 is 0.780. The molecule has 0 bridgehead atoms. The minimum atomic E-state index is -0.760. The van der Waals surface area contributed by atoms with E-state index in [0.29, 0.717) is 18.4 Å². The quantitative estimate of drug-likeness (QED) is 0.854. The van der Waals surface area contributed by atoms with E-state index in [9.17, 15) is 14.7 Å². The molecule has 0 amide bonds. The van der Waals surface area contributed by atoms with Gasteiger partial charge in [0.25, 0.3) is 0 Å². The Morgan fingerprint density at radius 2 is 1.89 bits per heavy atom. The predicted octanol–water partition coefficient (Wildman–Crippen LogP) is 3.91. The van der Waals surface area contributed by atoms with Crippen LogP contribution in [0.5, 0.6) is 0 Å². The van der Waals surface area contributed by atoms with Crippen LogP contribution in [0.2, 0.25) is 0 Å². The first-order valence-corrected chi connectivity index (χ1v) is 7.39. The van der Waals surface area contributed by atoms with E-state index >= 15 is 0 Å². The first-order valence-electron chi connectivity index (χ1n) is 6.60. The number of hydrogen-bond acceptors (Lipinski definition) is 2. The van der Waals surface area contributed by atoms with Crippen LogP contribution in [0, 0.1) is 11.8 Å². The summed E-state index contributed by atoms with van der Waals surface area (Å²) in [6.07, 6.45) is 3.85. The molecule has 3 nitrogen and oxygen atoms in total. The van der Waals surface area contributed by atoms with Gasteiger partial charge < -0.3 is 5.11 Å². The van der Waals surface area contributed by atoms with Crippen molar-refractivity contribution < 1.29 is 14.7 Å². The van der Waals surface area contributed by atoms with Crippen molar-refractivity contribution in [3.05, 3.63) is 34.3 Å². The van der Waals surface area contributed by atoms with E-state index in [0.717, 1.165) is 23.7 Å². The average molecular weight is 325 g/mol. The molecule has 1 aromatic carbocycles. The lowest BCUT2D eigenvalue weighted by atomic mass is 9.76. The largest absolute Gasteiger partial charge is 0.481 e. The molecule has 0 unspecified atom stereocenters. The lowest BCUT2D eigenvalue weighted by Gasteiger charge is -2.28. The first kappa shape index (κ1) is 14.3. The molecule has 1 fully saturated rings. The van der Waals surface area contributed by atoms with Gasteiger partial charge in [0.2, 0.25) is 0 Å². The number of halogens is 1. The van der Waals surface area contributed by atoms with Crippen LogP contribution in [-0.2, 0) is 4.79 Å². The van der Waals surface area contributed by atoms with Gasteiger partial charge in [-0.15, -0.1) is 0 Å². The molecule has 1 saturated carbocycles. The Balaban J connectivity index is 2.09. The summed E-state index contributed by atoms with van der Waals surface area (Å²) >= 11 is 3.37. The Labute approximate surface area is 121 Å². The van der Waals surface area contributed by atoms with Crippen molar-refractivity contribution in [3.63, 3.8) is 0 Å². The number of ketones is 1. The maximum atomic E-state index is 12.3. The van der Waals surface area contributed by atoms with Crippen molar-refractivity contribution in [1.29, 1.82) is 0 Å². The third-order valence-electron chi connectivity index (χ3n) is 3.85. The summed E-state index contributed by atoms with van der Waals surface area (Å²) in [5, 5.41) is 9.23. The zero-order valence-corrected chi connectivity index (χ0v) is 12.2. The van der Waals surface area contributed by atoms with E-state index in [2.05, 4.69) is 15.9 Å². The summed E-state index contributed by atoms with van der Waals surface area (Å²) in [6.45, 7) is 0. The van der Waals surface area contributed by atoms with Gasteiger partial charge in [0, 0.05) is 16.5 Å². The second-order valence-corrected chi connectivity index (χ2v) is 5.95. The maximum Gasteiger partial charge on any atom is 0.306 e. The molecule has 19 heavy (non-hydrogen) atoms. The molecule has 0 aliphatic heterocycles. The number of Topliss-reactive ketones (excluding diaryl/α,β-unsaturated/α-hetero) is 1. The molecule has 0 radical (unpaired) electrons. The highest BCUT2D eigenvalue weighted by Crippen LogP contribution is 2.34. The topological polar surface area (TPSA) is 54.4 Å². The Morgan fingerprint density at radius 3 is 2.58 bits per heavy atom. The number of carboxylic acid groups (broad SMARTS) is 1. The highest BCUT2D eigenvalue weighted by atomic mass is 79.9. The van der Waals surface area contributed by atoms with E-state index in [-0.39, 0.29) is 17.6 Å². The molecule has 1 aromatic rings. The normalized spacial score (nSPS) is 23.0. The number of aliphatic carboxylic acids is 1. The molecule has 0 saturated heterocycles. The van der Waals surface area contributed by atoms with Gasteiger partial charge in [0.15, 0.2) is 5.78 Å². The molecule has 1 aliphatic rings. The number of carboxylic acids is 1. The summed E-state index contributed by atoms with van der Waals surface area (Å²) in [6, 6.07) is 7.31. The fourth-order valence-electron chi connectivity index (χ4n) is 2.81. The molecule has 2 atom stereocenters. The molecule has 102 valence electrons. The fourth-order valence-corrected chi connectivity index (χ4v) is 3.32. The number of benzene rings is 1. The third-order valence-corrected chi connectivity index (χ3v) is 4.54. The Kier molecular flexibility index (Phi) is 4.75. The van der Waals surface area contributed by atoms with Crippen LogP contribution in [0.4, 0.5) is 0 Å². The Hall–Kier alpha value is -1.16. The van der Waals surface area contributed by atoms with Crippen LogP contribution in [0.3, 0.4) is 0 Å². The molecular formula is C15H17BrO3. The van der Waals surface area contributed by atoms with Crippen LogP contribution in [-0.4, -0.2) is 16.9 Å². The summed E-state index contributed by atoms with van der Waals surface area (Å²) in [7, 11) is 0. The second kappa shape index (κ2) is 6.33. The third kappa shape index (κ3) is 3.44. The van der Waals surface area contributed by atoms with Gasteiger partial charge in [-0.05, 0) is 24.8 Å². The van der Waals surface area contributed by atoms with Crippen LogP contribution in [0.1, 0.15) is 42.5 Å². The lowest BCUT2D eigenvalue weighted by molar-refractivity contribution is -0.144. The maximum absolute atomic E-state index is 12.3. The van der Waals surface area contributed by atoms with Crippen molar-refractivity contribution in [2.45, 2.75) is 32.1 Å². The molecule has 0 spiro atoms. The van der Waals surface area contributed by atoms with Crippen LogP contribution >= 0.6 is 15.9 Å². The highest BCUT2D eigenvalue weighted by molar-refractivity contribution is 9.10. The number of rotatable bonds is 4. The summed E-state index contributed by atoms with van der Waals surface area (Å²) in [5.41, 5.74) is 0.650. The zero-order chi connectivity index (χ0) is 13.8. The highest BCUT2D eigenvalue weighted by Gasteiger charge is 2.32. The van der Waals surface area contributed by atoms with Crippen molar-refractivity contribution in [2.24, 2.45) is 11.8 Å².